The standard InChI is InChI=1S/C22H34N8O10S4/c1-18(2)12(31)25(5)21(41-18)11-20(37-14(33)27(7)43-29(9)16(35)39-23-21)22(26(6)13(32)19(3,4)42-22)24-40-17(36)30(10)44-28(8)15(34)38-20/h23-24H,11H2,1-10H3. The van der Waals surface area contributed by atoms with Gasteiger partial charge in [-0.25, -0.2) is 36.4 Å². The van der Waals surface area contributed by atoms with E-state index in [0.29, 0.717) is 24.3 Å². The van der Waals surface area contributed by atoms with E-state index in [-0.39, 0.29) is 0 Å². The number of rotatable bonds is 0. The molecule has 0 aromatic heterocycles. The van der Waals surface area contributed by atoms with Crippen molar-refractivity contribution >= 4 is 84.0 Å². The Morgan fingerprint density at radius 3 is 1.41 bits per heavy atom. The molecule has 0 aromatic rings. The zero-order chi connectivity index (χ0) is 33.2. The van der Waals surface area contributed by atoms with Crippen LogP contribution in [0.15, 0.2) is 0 Å². The molecule has 0 saturated carbocycles. The van der Waals surface area contributed by atoms with E-state index in [0.717, 1.165) is 45.6 Å². The van der Waals surface area contributed by atoms with Crippen LogP contribution in [0.5, 0.6) is 0 Å². The maximum atomic E-state index is 13.8. The fourth-order valence-corrected chi connectivity index (χ4v) is 9.21. The summed E-state index contributed by atoms with van der Waals surface area (Å²) in [6.45, 7) is 6.43. The van der Waals surface area contributed by atoms with Crippen LogP contribution in [0.4, 0.5) is 19.2 Å². The van der Waals surface area contributed by atoms with Gasteiger partial charge in [0.05, 0.1) is 40.2 Å². The number of ether oxygens (including phenoxy) is 2. The van der Waals surface area contributed by atoms with Crippen molar-refractivity contribution in [3.8, 4) is 0 Å². The highest BCUT2D eigenvalue weighted by molar-refractivity contribution is 8.03. The van der Waals surface area contributed by atoms with Gasteiger partial charge in [0.15, 0.2) is 4.99 Å². The van der Waals surface area contributed by atoms with Crippen molar-refractivity contribution in [2.75, 3.05) is 42.3 Å². The van der Waals surface area contributed by atoms with Gasteiger partial charge in [0.1, 0.15) is 0 Å². The molecular formula is C22H34N8O10S4. The Kier molecular flexibility index (Phi) is 8.79. The summed E-state index contributed by atoms with van der Waals surface area (Å²) in [4.78, 5) is 90.0. The van der Waals surface area contributed by atoms with Crippen LogP contribution >= 0.6 is 47.8 Å². The Balaban J connectivity index is 2.06. The van der Waals surface area contributed by atoms with E-state index in [4.69, 9.17) is 19.1 Å². The lowest BCUT2D eigenvalue weighted by Crippen LogP contribution is -2.74. The van der Waals surface area contributed by atoms with Gasteiger partial charge in [0.25, 0.3) is 4.99 Å². The van der Waals surface area contributed by atoms with Crippen molar-refractivity contribution in [1.29, 1.82) is 0 Å². The summed E-state index contributed by atoms with van der Waals surface area (Å²) in [5.41, 5.74) is 5.25. The fraction of sp³-hybridized carbons (Fsp3) is 0.727. The van der Waals surface area contributed by atoms with Gasteiger partial charge >= 0.3 is 30.2 Å². The zero-order valence-electron chi connectivity index (χ0n) is 25.6. The summed E-state index contributed by atoms with van der Waals surface area (Å²) in [6.07, 6.45) is -4.80. The first-order chi connectivity index (χ1) is 20.1. The summed E-state index contributed by atoms with van der Waals surface area (Å²) in [5.74, 6) is -3.55. The third-order valence-corrected chi connectivity index (χ3v) is 11.8. The Bertz CT molecular complexity index is 1290. The Labute approximate surface area is 270 Å². The molecule has 4 saturated heterocycles. The molecule has 0 aliphatic carbocycles. The number of thioether (sulfide) groups is 2. The molecule has 4 rings (SSSR count). The van der Waals surface area contributed by atoms with Crippen molar-refractivity contribution in [1.82, 2.24) is 38.0 Å². The average molecular weight is 699 g/mol. The van der Waals surface area contributed by atoms with Crippen LogP contribution in [0.2, 0.25) is 0 Å². The van der Waals surface area contributed by atoms with Gasteiger partial charge in [-0.3, -0.25) is 9.59 Å². The summed E-state index contributed by atoms with van der Waals surface area (Å²) < 4.78 is 13.7. The van der Waals surface area contributed by atoms with Crippen LogP contribution in [0.25, 0.3) is 0 Å². The maximum Gasteiger partial charge on any atom is 0.440 e. The number of hydrogen-bond acceptors (Lipinski definition) is 16. The van der Waals surface area contributed by atoms with Crippen LogP contribution in [0, 0.1) is 0 Å². The van der Waals surface area contributed by atoms with E-state index in [1.807, 2.05) is 0 Å². The van der Waals surface area contributed by atoms with E-state index in [9.17, 15) is 28.8 Å². The molecule has 4 fully saturated rings. The second-order valence-electron chi connectivity index (χ2n) is 11.1. The number of hydroxylamine groups is 2. The molecule has 4 heterocycles. The number of carbonyl (C=O) groups excluding carboxylic acids is 6. The first-order valence-electron chi connectivity index (χ1n) is 12.8. The lowest BCUT2D eigenvalue weighted by molar-refractivity contribution is -0.255. The Morgan fingerprint density at radius 1 is 0.591 bits per heavy atom. The van der Waals surface area contributed by atoms with Crippen LogP contribution in [0.1, 0.15) is 34.1 Å². The molecule has 0 aromatic carbocycles. The number of amides is 6. The summed E-state index contributed by atoms with van der Waals surface area (Å²) in [7, 11) is 8.02. The highest BCUT2D eigenvalue weighted by Crippen LogP contribution is 2.58. The van der Waals surface area contributed by atoms with Crippen molar-refractivity contribution in [2.45, 2.75) is 59.4 Å². The minimum atomic E-state index is -2.62. The van der Waals surface area contributed by atoms with Crippen LogP contribution < -0.4 is 11.0 Å². The van der Waals surface area contributed by atoms with Crippen molar-refractivity contribution in [3.05, 3.63) is 0 Å². The molecule has 4 aliphatic heterocycles. The second-order valence-corrected chi connectivity index (χ2v) is 17.4. The predicted octanol–water partition coefficient (Wildman–Crippen LogP) is 1.78. The zero-order valence-corrected chi connectivity index (χ0v) is 28.9. The Hall–Kier alpha value is -2.66. The second kappa shape index (κ2) is 11.3. The molecule has 3 atom stereocenters. The summed E-state index contributed by atoms with van der Waals surface area (Å²) >= 11 is 3.03. The van der Waals surface area contributed by atoms with Gasteiger partial charge in [-0.05, 0) is 27.7 Å². The van der Waals surface area contributed by atoms with Crippen LogP contribution in [0.3, 0.4) is 0 Å². The largest absolute Gasteiger partial charge is 0.440 e. The SMILES string of the molecule is CN1SN(C)C(=O)OC2(CC3(NOC1=O)SC(C)(C)C(=O)N3C)OC(=O)N(C)SN(C)C(=O)ONC21SC(C)(C)C(=O)N1C. The smallest absolute Gasteiger partial charge is 0.400 e. The molecule has 3 spiro atoms. The molecule has 22 heteroatoms. The molecule has 44 heavy (non-hydrogen) atoms. The molecule has 18 nitrogen and oxygen atoms in total. The third kappa shape index (κ3) is 5.52. The minimum Gasteiger partial charge on any atom is -0.400 e. The number of nitrogens with one attached hydrogen (secondary N) is 2. The maximum absolute atomic E-state index is 13.8. The van der Waals surface area contributed by atoms with Crippen LogP contribution in [-0.4, -0.2) is 131 Å². The van der Waals surface area contributed by atoms with Gasteiger partial charge < -0.3 is 28.9 Å². The number of hydrogen-bond donors (Lipinski definition) is 2. The van der Waals surface area contributed by atoms with E-state index in [1.54, 1.807) is 27.7 Å². The van der Waals surface area contributed by atoms with Gasteiger partial charge in [0.2, 0.25) is 11.8 Å². The fourth-order valence-electron chi connectivity index (χ4n) is 4.85. The van der Waals surface area contributed by atoms with Crippen LogP contribution in [-0.2, 0) is 28.7 Å². The predicted molar refractivity (Wildman–Crippen MR) is 160 cm³/mol. The topological polar surface area (TPSA) is 183 Å². The molecule has 0 bridgehead atoms. The average Bonchev–Trinajstić information content (AvgIpc) is 3.21. The van der Waals surface area contributed by atoms with Crippen molar-refractivity contribution in [3.63, 3.8) is 0 Å². The summed E-state index contributed by atoms with van der Waals surface area (Å²) in [6, 6.07) is 0. The highest BCUT2D eigenvalue weighted by Gasteiger charge is 2.75. The number of carbonyl (C=O) groups is 6. The molecule has 3 unspecified atom stereocenters. The van der Waals surface area contributed by atoms with Crippen molar-refractivity contribution < 1.29 is 47.9 Å². The van der Waals surface area contributed by atoms with E-state index in [2.05, 4.69) is 11.0 Å². The van der Waals surface area contributed by atoms with Crippen molar-refractivity contribution in [2.24, 2.45) is 0 Å². The molecule has 246 valence electrons. The summed E-state index contributed by atoms with van der Waals surface area (Å²) in [5, 5.41) is 0. The Morgan fingerprint density at radius 2 is 1.00 bits per heavy atom. The van der Waals surface area contributed by atoms with E-state index < -0.39 is 67.9 Å². The molecule has 2 N–H and O–H groups in total. The lowest BCUT2D eigenvalue weighted by Gasteiger charge is -2.51. The molecule has 0 radical (unpaired) electrons. The number of likely N-dealkylation sites (N-methyl/N-ethyl adjacent to an activating group) is 1. The minimum absolute atomic E-state index is 0.417. The lowest BCUT2D eigenvalue weighted by atomic mass is 10.0. The quantitative estimate of drug-likeness (QED) is 0.276. The first-order valence-corrected chi connectivity index (χ1v) is 15.9. The van der Waals surface area contributed by atoms with E-state index in [1.165, 1.54) is 47.2 Å². The normalized spacial score (nSPS) is 33.5. The highest BCUT2D eigenvalue weighted by atomic mass is 32.2. The third-order valence-electron chi connectivity index (χ3n) is 7.07. The monoisotopic (exact) mass is 698 g/mol. The van der Waals surface area contributed by atoms with Gasteiger partial charge in [0, 0.05) is 42.3 Å². The van der Waals surface area contributed by atoms with Gasteiger partial charge in [-0.1, -0.05) is 23.5 Å². The number of nitrogens with zero attached hydrogens (tertiary/aromatic N) is 6. The van der Waals surface area contributed by atoms with Gasteiger partial charge in [-0.15, -0.1) is 11.0 Å². The molecule has 6 amide bonds. The van der Waals surface area contributed by atoms with Gasteiger partial charge in [-0.2, -0.15) is 0 Å². The van der Waals surface area contributed by atoms with E-state index >= 15 is 0 Å². The number of fused-ring (bicyclic) bond motifs is 1. The molecule has 4 aliphatic rings. The first kappa shape index (κ1) is 34.2. The molecular weight excluding hydrogens is 665 g/mol.